The topological polar surface area (TPSA) is 77.2 Å². The second-order valence-corrected chi connectivity index (χ2v) is 14.8. The highest BCUT2D eigenvalue weighted by molar-refractivity contribution is 6.14. The van der Waals surface area contributed by atoms with Crippen molar-refractivity contribution in [3.05, 3.63) is 194 Å². The first kappa shape index (κ1) is 32.9. The molecule has 12 rings (SSSR count). The molecular weight excluding hydrogens is 723 g/mol. The first-order valence-corrected chi connectivity index (χ1v) is 19.6. The summed E-state index contributed by atoms with van der Waals surface area (Å²) in [6, 6.07) is 67.3. The van der Waals surface area contributed by atoms with Gasteiger partial charge in [0.2, 0.25) is 11.9 Å². The van der Waals surface area contributed by atoms with E-state index in [-0.39, 0.29) is 0 Å². The first-order chi connectivity index (χ1) is 29.2. The average molecular weight is 754 g/mol. The molecule has 12 aromatic rings. The summed E-state index contributed by atoms with van der Waals surface area (Å²) in [5.74, 6) is 1.59. The van der Waals surface area contributed by atoms with Gasteiger partial charge < -0.3 is 4.57 Å². The van der Waals surface area contributed by atoms with E-state index in [4.69, 9.17) is 15.0 Å². The van der Waals surface area contributed by atoms with Crippen molar-refractivity contribution in [1.82, 2.24) is 28.7 Å². The van der Waals surface area contributed by atoms with Crippen LogP contribution in [0.3, 0.4) is 0 Å². The summed E-state index contributed by atoms with van der Waals surface area (Å²) in [5.41, 5.74) is 10.8. The lowest BCUT2D eigenvalue weighted by atomic mass is 10.0. The Labute approximate surface area is 337 Å². The van der Waals surface area contributed by atoms with E-state index in [1.54, 1.807) is 0 Å². The van der Waals surface area contributed by atoms with Crippen molar-refractivity contribution in [2.45, 2.75) is 0 Å². The van der Waals surface area contributed by atoms with Crippen molar-refractivity contribution in [3.63, 3.8) is 0 Å². The zero-order valence-electron chi connectivity index (χ0n) is 31.5. The highest BCUT2D eigenvalue weighted by Gasteiger charge is 2.23. The highest BCUT2D eigenvalue weighted by Crippen LogP contribution is 2.40. The van der Waals surface area contributed by atoms with Gasteiger partial charge in [0, 0.05) is 49.1 Å². The maximum absolute atomic E-state index is 9.60. The van der Waals surface area contributed by atoms with Crippen LogP contribution in [0.2, 0.25) is 0 Å². The average Bonchev–Trinajstić information content (AvgIpc) is 3.95. The highest BCUT2D eigenvalue weighted by atomic mass is 15.3. The van der Waals surface area contributed by atoms with Gasteiger partial charge in [0.05, 0.1) is 44.7 Å². The Morgan fingerprint density at radius 2 is 0.864 bits per heavy atom. The van der Waals surface area contributed by atoms with Crippen molar-refractivity contribution in [2.75, 3.05) is 0 Å². The number of aromatic nitrogens is 6. The van der Waals surface area contributed by atoms with Crippen LogP contribution in [0.15, 0.2) is 188 Å². The lowest BCUT2D eigenvalue weighted by Gasteiger charge is -2.14. The Morgan fingerprint density at radius 1 is 0.373 bits per heavy atom. The Morgan fingerprint density at radius 3 is 1.51 bits per heavy atom. The van der Waals surface area contributed by atoms with E-state index in [1.165, 1.54) is 0 Å². The van der Waals surface area contributed by atoms with E-state index >= 15 is 0 Å². The molecule has 59 heavy (non-hydrogen) atoms. The van der Waals surface area contributed by atoms with E-state index in [9.17, 15) is 5.26 Å². The molecule has 0 aliphatic heterocycles. The molecule has 0 amide bonds. The van der Waals surface area contributed by atoms with E-state index in [1.807, 2.05) is 30.3 Å². The minimum Gasteiger partial charge on any atom is -0.309 e. The third-order valence-electron chi connectivity index (χ3n) is 11.6. The fourth-order valence-electron chi connectivity index (χ4n) is 8.97. The van der Waals surface area contributed by atoms with Crippen LogP contribution in [0.5, 0.6) is 0 Å². The van der Waals surface area contributed by atoms with E-state index in [0.29, 0.717) is 23.3 Å². The Balaban J connectivity index is 1.18. The van der Waals surface area contributed by atoms with Gasteiger partial charge in [0.1, 0.15) is 0 Å². The molecule has 0 unspecified atom stereocenters. The molecule has 0 N–H and O–H groups in total. The number of hydrogen-bond donors (Lipinski definition) is 0. The lowest BCUT2D eigenvalue weighted by molar-refractivity contribution is 0.893. The number of rotatable bonds is 5. The van der Waals surface area contributed by atoms with E-state index in [0.717, 1.165) is 87.8 Å². The molecule has 0 saturated carbocycles. The van der Waals surface area contributed by atoms with Gasteiger partial charge in [-0.3, -0.25) is 9.13 Å². The predicted octanol–water partition coefficient (Wildman–Crippen LogP) is 12.4. The number of benzene rings is 8. The molecular formula is C52H31N7. The largest absolute Gasteiger partial charge is 0.309 e. The normalized spacial score (nSPS) is 11.7. The maximum Gasteiger partial charge on any atom is 0.240 e. The van der Waals surface area contributed by atoms with Crippen molar-refractivity contribution >= 4 is 65.4 Å². The van der Waals surface area contributed by atoms with E-state index in [2.05, 4.69) is 177 Å². The molecule has 7 nitrogen and oxygen atoms in total. The van der Waals surface area contributed by atoms with Crippen molar-refractivity contribution in [1.29, 1.82) is 5.26 Å². The minimum atomic E-state index is 0.506. The number of fused-ring (bicyclic) bond motifs is 9. The van der Waals surface area contributed by atoms with Crippen molar-refractivity contribution < 1.29 is 0 Å². The zero-order valence-corrected chi connectivity index (χ0v) is 31.5. The van der Waals surface area contributed by atoms with E-state index < -0.39 is 0 Å². The summed E-state index contributed by atoms with van der Waals surface area (Å²) >= 11 is 0. The molecule has 274 valence electrons. The molecule has 7 heteroatoms. The minimum absolute atomic E-state index is 0.506. The van der Waals surface area contributed by atoms with Crippen LogP contribution in [0.1, 0.15) is 5.56 Å². The van der Waals surface area contributed by atoms with Crippen LogP contribution in [-0.4, -0.2) is 28.7 Å². The molecule has 8 aromatic carbocycles. The van der Waals surface area contributed by atoms with Gasteiger partial charge in [0.25, 0.3) is 0 Å². The van der Waals surface area contributed by atoms with Gasteiger partial charge in [-0.05, 0) is 72.3 Å². The SMILES string of the molecule is N#Cc1ccc(-c2cccc3c4ccccc4n(-c4nc(-c5ccc6c(c5)c5ccccc5n6-c5ccccc5)nc(-n5c6ccccc6c6ccccc65)n4)c23)cc1. The maximum atomic E-state index is 9.60. The second-order valence-electron chi connectivity index (χ2n) is 14.8. The quantitative estimate of drug-likeness (QED) is 0.175. The summed E-state index contributed by atoms with van der Waals surface area (Å²) in [5, 5.41) is 16.3. The Bertz CT molecular complexity index is 3620. The van der Waals surface area contributed by atoms with Crippen LogP contribution in [0.4, 0.5) is 0 Å². The smallest absolute Gasteiger partial charge is 0.240 e. The molecule has 0 bridgehead atoms. The van der Waals surface area contributed by atoms with Gasteiger partial charge in [0.15, 0.2) is 5.82 Å². The number of nitrogens with zero attached hydrogens (tertiary/aromatic N) is 7. The molecule has 4 aromatic heterocycles. The van der Waals surface area contributed by atoms with Crippen LogP contribution in [-0.2, 0) is 0 Å². The molecule has 0 atom stereocenters. The summed E-state index contributed by atoms with van der Waals surface area (Å²) in [4.78, 5) is 16.2. The molecule has 0 aliphatic carbocycles. The number of hydrogen-bond acceptors (Lipinski definition) is 4. The molecule has 4 heterocycles. The fraction of sp³-hybridized carbons (Fsp3) is 0. The van der Waals surface area contributed by atoms with Crippen molar-refractivity contribution in [2.24, 2.45) is 0 Å². The van der Waals surface area contributed by atoms with Crippen LogP contribution in [0, 0.1) is 11.3 Å². The molecule has 0 saturated heterocycles. The standard InChI is InChI=1S/C52H31N7/c53-32-33-25-27-34(28-26-33)37-19-12-20-42-40-17-6-11-24-47(40)59(49(37)42)52-55-50(54-51(56-52)58-45-22-9-4-15-38(45)39-16-5-10-23-46(39)58)35-29-30-48-43(31-35)41-18-7-8-21-44(41)57(48)36-13-2-1-3-14-36/h1-31H. The van der Waals surface area contributed by atoms with Gasteiger partial charge in [-0.1, -0.05) is 121 Å². The first-order valence-electron chi connectivity index (χ1n) is 19.6. The summed E-state index contributed by atoms with van der Waals surface area (Å²) < 4.78 is 6.66. The van der Waals surface area contributed by atoms with Crippen LogP contribution in [0.25, 0.3) is 106 Å². The molecule has 0 fully saturated rings. The van der Waals surface area contributed by atoms with Gasteiger partial charge in [-0.25, -0.2) is 0 Å². The molecule has 0 spiro atoms. The predicted molar refractivity (Wildman–Crippen MR) is 238 cm³/mol. The molecule has 0 radical (unpaired) electrons. The van der Waals surface area contributed by atoms with Gasteiger partial charge >= 0.3 is 0 Å². The second kappa shape index (κ2) is 12.8. The Kier molecular flexibility index (Phi) is 7.16. The Hall–Kier alpha value is -8.34. The van der Waals surface area contributed by atoms with Crippen LogP contribution >= 0.6 is 0 Å². The van der Waals surface area contributed by atoms with Crippen molar-refractivity contribution in [3.8, 4) is 46.2 Å². The zero-order chi connectivity index (χ0) is 39.0. The fourth-order valence-corrected chi connectivity index (χ4v) is 8.97. The van der Waals surface area contributed by atoms with Crippen LogP contribution < -0.4 is 0 Å². The third kappa shape index (κ3) is 4.97. The van der Waals surface area contributed by atoms with Gasteiger partial charge in [-0.15, -0.1) is 0 Å². The molecule has 0 aliphatic rings. The summed E-state index contributed by atoms with van der Waals surface area (Å²) in [6.45, 7) is 0. The summed E-state index contributed by atoms with van der Waals surface area (Å²) in [7, 11) is 0. The summed E-state index contributed by atoms with van der Waals surface area (Å²) in [6.07, 6.45) is 0. The van der Waals surface area contributed by atoms with Gasteiger partial charge in [-0.2, -0.15) is 20.2 Å². The monoisotopic (exact) mass is 753 g/mol. The lowest BCUT2D eigenvalue weighted by Crippen LogP contribution is -2.10. The number of nitriles is 1. The number of para-hydroxylation sites is 6. The third-order valence-corrected chi connectivity index (χ3v) is 11.6.